The minimum absolute atomic E-state index is 0.0194. The van der Waals surface area contributed by atoms with E-state index in [1.807, 2.05) is 4.90 Å². The maximum absolute atomic E-state index is 14.0. The molecule has 2 atom stereocenters. The number of anilines is 2. The SMILES string of the molecule is CCCCCCCCCCC(CC)OC(=O)CCCCCN(CCCCCCCC(=O)OC(CCCCCCCC)CCCCCCCC)CCNC(=O)CN(CCCNc1c(N)c(=O)c1=O)CC(=O)NCCN(CCCCCCCC(=O)OC(CCCCCCCC)CCCCCCCC)CCCCCC(=O)OC(CC)CCCCCCCCCC. The lowest BCUT2D eigenvalue weighted by molar-refractivity contribution is -0.151. The van der Waals surface area contributed by atoms with Crippen LogP contribution in [-0.4, -0.2) is 153 Å². The number of nitrogens with one attached hydrogen (secondary N) is 3. The summed E-state index contributed by atoms with van der Waals surface area (Å²) < 4.78 is 24.3. The van der Waals surface area contributed by atoms with Gasteiger partial charge in [-0.1, -0.05) is 325 Å². The number of unbranched alkanes of at least 4 members (excludes halogenated alkanes) is 46. The van der Waals surface area contributed by atoms with Crippen molar-refractivity contribution in [2.75, 3.05) is 89.6 Å². The molecule has 714 valence electrons. The molecule has 0 saturated heterocycles. The van der Waals surface area contributed by atoms with E-state index in [0.717, 1.165) is 219 Å². The molecule has 19 nitrogen and oxygen atoms in total. The maximum Gasteiger partial charge on any atom is 0.306 e. The molecule has 1 aromatic carbocycles. The monoisotopic (exact) mass is 1720 g/mol. The molecular formula is C103H195N7O12. The summed E-state index contributed by atoms with van der Waals surface area (Å²) >= 11 is 0. The van der Waals surface area contributed by atoms with Crippen LogP contribution in [0.1, 0.15) is 498 Å². The van der Waals surface area contributed by atoms with Crippen molar-refractivity contribution < 1.29 is 47.7 Å². The molecule has 2 unspecified atom stereocenters. The Balaban J connectivity index is 3.16. The Kier molecular flexibility index (Phi) is 81.1. The van der Waals surface area contributed by atoms with Gasteiger partial charge in [-0.2, -0.15) is 0 Å². The van der Waals surface area contributed by atoms with Crippen LogP contribution in [0.15, 0.2) is 9.59 Å². The number of carbonyl (C=O) groups is 6. The quantitative estimate of drug-likeness (QED) is 0.0205. The van der Waals surface area contributed by atoms with Crippen LogP contribution in [0.2, 0.25) is 0 Å². The Morgan fingerprint density at radius 3 is 0.762 bits per heavy atom. The predicted octanol–water partition coefficient (Wildman–Crippen LogP) is 25.1. The first-order valence-corrected chi connectivity index (χ1v) is 52.4. The van der Waals surface area contributed by atoms with Crippen LogP contribution in [0.3, 0.4) is 0 Å². The minimum Gasteiger partial charge on any atom is -0.462 e. The molecule has 2 amide bonds. The van der Waals surface area contributed by atoms with E-state index in [4.69, 9.17) is 24.7 Å². The number of nitrogens with zero attached hydrogens (tertiary/aromatic N) is 3. The van der Waals surface area contributed by atoms with Crippen molar-refractivity contribution in [3.8, 4) is 0 Å². The molecule has 122 heavy (non-hydrogen) atoms. The van der Waals surface area contributed by atoms with Crippen LogP contribution < -0.4 is 32.5 Å². The van der Waals surface area contributed by atoms with Gasteiger partial charge in [0.2, 0.25) is 11.8 Å². The highest BCUT2D eigenvalue weighted by Crippen LogP contribution is 2.24. The van der Waals surface area contributed by atoms with Gasteiger partial charge < -0.3 is 50.4 Å². The molecular weight excluding hydrogens is 1530 g/mol. The average Bonchev–Trinajstić information content (AvgIpc) is 0.796. The van der Waals surface area contributed by atoms with Crippen molar-refractivity contribution in [2.24, 2.45) is 0 Å². The van der Waals surface area contributed by atoms with Crippen LogP contribution in [0.4, 0.5) is 11.4 Å². The van der Waals surface area contributed by atoms with E-state index in [1.54, 1.807) is 0 Å². The van der Waals surface area contributed by atoms with E-state index in [-0.39, 0.29) is 84.6 Å². The lowest BCUT2D eigenvalue weighted by atomic mass is 10.0. The Bertz CT molecular complexity index is 2480. The molecule has 1 rings (SSSR count). The van der Waals surface area contributed by atoms with E-state index in [0.29, 0.717) is 71.4 Å². The lowest BCUT2D eigenvalue weighted by Crippen LogP contribution is -2.46. The first-order chi connectivity index (χ1) is 59.6. The minimum atomic E-state index is -0.694. The Morgan fingerprint density at radius 1 is 0.262 bits per heavy atom. The van der Waals surface area contributed by atoms with Crippen LogP contribution in [0.5, 0.6) is 0 Å². The fourth-order valence-electron chi connectivity index (χ4n) is 16.9. The predicted molar refractivity (Wildman–Crippen MR) is 513 cm³/mol. The van der Waals surface area contributed by atoms with E-state index in [1.165, 1.54) is 218 Å². The number of hydrogen-bond acceptors (Lipinski definition) is 17. The van der Waals surface area contributed by atoms with Crippen LogP contribution in [0.25, 0.3) is 0 Å². The zero-order valence-corrected chi connectivity index (χ0v) is 80.9. The number of nitrogen functional groups attached to an aromatic ring is 1. The molecule has 19 heteroatoms. The van der Waals surface area contributed by atoms with Crippen molar-refractivity contribution in [1.82, 2.24) is 25.3 Å². The standard InChI is InChI=1S/C103H195N7O12/c1-9-17-23-29-35-37-45-53-68-90(15-7)119-96(113)76-61-51-65-83-108(81-63-49-39-47-59-74-98(115)121-92(70-55-41-31-25-19-11-3)71-56-42-32-26-20-12-4)86-79-105-94(111)88-110(85-67-78-107-101-100(104)102(117)103(101)118)89-95(112)106-80-87-109(84-66-52-62-77-97(114)120-91(16-8)69-54-46-38-36-30-24-18-10-2)82-64-50-40-48-60-75-99(116)122-93(72-57-43-33-27-21-13-5)73-58-44-34-28-22-14-6/h90-93,107H,9-89,104H2,1-8H3,(H,105,111)(H,106,112). The molecule has 0 aromatic heterocycles. The first kappa shape index (κ1) is 115. The third-order valence-corrected chi connectivity index (χ3v) is 24.9. The topological polar surface area (TPSA) is 245 Å². The molecule has 0 aliphatic heterocycles. The fraction of sp³-hybridized carbons (Fsp3) is 0.903. The average molecular weight is 1720 g/mol. The highest BCUT2D eigenvalue weighted by molar-refractivity contribution is 5.81. The Labute approximate surface area is 749 Å². The van der Waals surface area contributed by atoms with E-state index < -0.39 is 10.9 Å². The summed E-state index contributed by atoms with van der Waals surface area (Å²) in [5, 5.41) is 9.35. The summed E-state index contributed by atoms with van der Waals surface area (Å²) in [5.74, 6) is -0.713. The summed E-state index contributed by atoms with van der Waals surface area (Å²) in [5.41, 5.74) is 4.56. The van der Waals surface area contributed by atoms with Gasteiger partial charge in [-0.25, -0.2) is 0 Å². The normalized spacial score (nSPS) is 12.2. The number of esters is 4. The van der Waals surface area contributed by atoms with Crippen LogP contribution in [-0.2, 0) is 47.7 Å². The van der Waals surface area contributed by atoms with Gasteiger partial charge in [0, 0.05) is 65.0 Å². The van der Waals surface area contributed by atoms with Gasteiger partial charge in [0.15, 0.2) is 0 Å². The molecule has 0 aliphatic carbocycles. The fourth-order valence-corrected chi connectivity index (χ4v) is 16.9. The van der Waals surface area contributed by atoms with Gasteiger partial charge >= 0.3 is 23.9 Å². The van der Waals surface area contributed by atoms with E-state index in [9.17, 15) is 38.4 Å². The summed E-state index contributed by atoms with van der Waals surface area (Å²) in [4.78, 5) is 112. The number of carbonyl (C=O) groups excluding carboxylic acids is 6. The highest BCUT2D eigenvalue weighted by Gasteiger charge is 2.22. The van der Waals surface area contributed by atoms with Crippen molar-refractivity contribution in [2.45, 2.75) is 523 Å². The first-order valence-electron chi connectivity index (χ1n) is 52.4. The van der Waals surface area contributed by atoms with Crippen LogP contribution >= 0.6 is 0 Å². The molecule has 0 heterocycles. The summed E-state index contributed by atoms with van der Waals surface area (Å²) in [7, 11) is 0. The largest absolute Gasteiger partial charge is 0.462 e. The van der Waals surface area contributed by atoms with Crippen molar-refractivity contribution in [1.29, 1.82) is 0 Å². The smallest absolute Gasteiger partial charge is 0.306 e. The number of rotatable bonds is 95. The molecule has 0 spiro atoms. The lowest BCUT2D eigenvalue weighted by Gasteiger charge is -2.25. The molecule has 0 fully saturated rings. The molecule has 0 bridgehead atoms. The second-order valence-electron chi connectivity index (χ2n) is 36.5. The molecule has 1 aromatic rings. The van der Waals surface area contributed by atoms with Gasteiger partial charge in [0.1, 0.15) is 35.8 Å². The van der Waals surface area contributed by atoms with Gasteiger partial charge in [-0.3, -0.25) is 43.3 Å². The number of nitrogens with two attached hydrogens (primary N) is 1. The summed E-state index contributed by atoms with van der Waals surface area (Å²) in [6.07, 6.45) is 74.0. The van der Waals surface area contributed by atoms with Crippen molar-refractivity contribution in [3.63, 3.8) is 0 Å². The second-order valence-corrected chi connectivity index (χ2v) is 36.5. The van der Waals surface area contributed by atoms with E-state index >= 15 is 0 Å². The Morgan fingerprint density at radius 2 is 0.492 bits per heavy atom. The third-order valence-electron chi connectivity index (χ3n) is 24.9. The van der Waals surface area contributed by atoms with Crippen molar-refractivity contribution >= 4 is 47.1 Å². The number of hydrogen-bond donors (Lipinski definition) is 4. The maximum atomic E-state index is 14.0. The molecule has 5 N–H and O–H groups in total. The molecule has 0 saturated carbocycles. The summed E-state index contributed by atoms with van der Waals surface area (Å²) in [6, 6.07) is 0. The van der Waals surface area contributed by atoms with Gasteiger partial charge in [0.25, 0.3) is 10.9 Å². The van der Waals surface area contributed by atoms with Crippen LogP contribution in [0, 0.1) is 0 Å². The van der Waals surface area contributed by atoms with Gasteiger partial charge in [0.05, 0.1) is 13.1 Å². The zero-order chi connectivity index (χ0) is 89.0. The molecule has 0 radical (unpaired) electrons. The Hall–Kier alpha value is -4.62. The van der Waals surface area contributed by atoms with Crippen molar-refractivity contribution in [3.05, 3.63) is 20.4 Å². The molecule has 0 aliphatic rings. The second kappa shape index (κ2) is 85.8. The number of amides is 2. The number of ether oxygens (including phenoxy) is 4. The van der Waals surface area contributed by atoms with Gasteiger partial charge in [-0.15, -0.1) is 0 Å². The van der Waals surface area contributed by atoms with E-state index in [2.05, 4.69) is 81.1 Å². The zero-order valence-electron chi connectivity index (χ0n) is 80.9. The van der Waals surface area contributed by atoms with Gasteiger partial charge in [-0.05, 0) is 174 Å². The third kappa shape index (κ3) is 70.4. The summed E-state index contributed by atoms with van der Waals surface area (Å²) in [6.45, 7) is 23.8. The highest BCUT2D eigenvalue weighted by atomic mass is 16.6.